The van der Waals surface area contributed by atoms with Crippen molar-refractivity contribution in [3.05, 3.63) is 28.8 Å². The van der Waals surface area contributed by atoms with Gasteiger partial charge in [-0.15, -0.1) is 0 Å². The third-order valence-electron chi connectivity index (χ3n) is 5.75. The average Bonchev–Trinajstić information content (AvgIpc) is 2.56. The van der Waals surface area contributed by atoms with Crippen LogP contribution in [0.25, 0.3) is 0 Å². The van der Waals surface area contributed by atoms with Crippen LogP contribution in [-0.2, 0) is 22.0 Å². The first-order valence-electron chi connectivity index (χ1n) is 10.2. The van der Waals surface area contributed by atoms with Crippen molar-refractivity contribution in [3.63, 3.8) is 0 Å². The van der Waals surface area contributed by atoms with Crippen LogP contribution in [0.3, 0.4) is 0 Å². The van der Waals surface area contributed by atoms with Crippen LogP contribution in [-0.4, -0.2) is 36.5 Å². The fourth-order valence-electron chi connectivity index (χ4n) is 3.96. The second-order valence-electron chi connectivity index (χ2n) is 10.3. The van der Waals surface area contributed by atoms with Crippen molar-refractivity contribution < 1.29 is 14.6 Å². The van der Waals surface area contributed by atoms with Crippen LogP contribution in [0.5, 0.6) is 0 Å². The van der Waals surface area contributed by atoms with E-state index in [0.29, 0.717) is 6.42 Å². The molecule has 1 aromatic carbocycles. The van der Waals surface area contributed by atoms with Crippen LogP contribution in [0.2, 0.25) is 0 Å². The van der Waals surface area contributed by atoms with E-state index >= 15 is 0 Å². The summed E-state index contributed by atoms with van der Waals surface area (Å²) in [6, 6.07) is 4.12. The molecular weight excluding hydrogens is 352 g/mol. The summed E-state index contributed by atoms with van der Waals surface area (Å²) in [5, 5.41) is 15.9. The fourth-order valence-corrected chi connectivity index (χ4v) is 3.96. The van der Waals surface area contributed by atoms with E-state index in [1.807, 2.05) is 27.8 Å². The molecule has 0 fully saturated rings. The Labute approximate surface area is 170 Å². The number of hydrogen-bond acceptors (Lipinski definition) is 4. The van der Waals surface area contributed by atoms with Crippen molar-refractivity contribution in [2.75, 3.05) is 19.0 Å². The first-order chi connectivity index (χ1) is 12.8. The molecule has 0 saturated heterocycles. The van der Waals surface area contributed by atoms with Gasteiger partial charge in [-0.25, -0.2) is 4.79 Å². The van der Waals surface area contributed by atoms with Gasteiger partial charge in [0.15, 0.2) is 0 Å². The normalized spacial score (nSPS) is 18.8. The molecule has 1 aliphatic carbocycles. The number of carbonyl (C=O) groups excluding carboxylic acids is 1. The van der Waals surface area contributed by atoms with Crippen LogP contribution < -0.4 is 10.6 Å². The minimum Gasteiger partial charge on any atom is -0.444 e. The molecule has 5 heteroatoms. The molecule has 28 heavy (non-hydrogen) atoms. The van der Waals surface area contributed by atoms with Gasteiger partial charge in [0, 0.05) is 12.7 Å². The molecule has 3 N–H and O–H groups in total. The van der Waals surface area contributed by atoms with E-state index in [-0.39, 0.29) is 17.4 Å². The standard InChI is InChI=1S/C23H38N2O3/c1-21(2,3)28-20(27)25-16(14-26)11-15-12-17-18(13-19(15)24-8)23(6,7)10-9-22(17,4)5/h12-13,16,24,26H,9-11,14H2,1-8H3,(H,25,27). The van der Waals surface area contributed by atoms with Gasteiger partial charge in [0.25, 0.3) is 0 Å². The number of nitrogens with one attached hydrogen (secondary N) is 2. The van der Waals surface area contributed by atoms with E-state index in [9.17, 15) is 9.90 Å². The topological polar surface area (TPSA) is 70.6 Å². The molecule has 2 rings (SSSR count). The molecule has 0 saturated carbocycles. The molecular formula is C23H38N2O3. The van der Waals surface area contributed by atoms with Gasteiger partial charge >= 0.3 is 6.09 Å². The summed E-state index contributed by atoms with van der Waals surface area (Å²) in [6.45, 7) is 14.5. The highest BCUT2D eigenvalue weighted by Gasteiger charge is 2.37. The van der Waals surface area contributed by atoms with Gasteiger partial charge in [0.05, 0.1) is 12.6 Å². The number of hydrogen-bond donors (Lipinski definition) is 3. The van der Waals surface area contributed by atoms with Crippen LogP contribution >= 0.6 is 0 Å². The van der Waals surface area contributed by atoms with Crippen LogP contribution in [0.4, 0.5) is 10.5 Å². The predicted octanol–water partition coefficient (Wildman–Crippen LogP) is 4.51. The highest BCUT2D eigenvalue weighted by molar-refractivity contribution is 5.68. The Morgan fingerprint density at radius 2 is 1.68 bits per heavy atom. The zero-order valence-electron chi connectivity index (χ0n) is 18.8. The molecule has 1 aliphatic rings. The first-order valence-corrected chi connectivity index (χ1v) is 10.2. The predicted molar refractivity (Wildman–Crippen MR) is 115 cm³/mol. The Morgan fingerprint density at radius 1 is 1.14 bits per heavy atom. The Morgan fingerprint density at radius 3 is 2.14 bits per heavy atom. The van der Waals surface area contributed by atoms with Crippen LogP contribution in [0.1, 0.15) is 78.0 Å². The quantitative estimate of drug-likeness (QED) is 0.692. The summed E-state index contributed by atoms with van der Waals surface area (Å²) >= 11 is 0. The summed E-state index contributed by atoms with van der Waals surface area (Å²) in [6.07, 6.45) is 2.34. The molecule has 158 valence electrons. The van der Waals surface area contributed by atoms with E-state index in [1.54, 1.807) is 0 Å². The first kappa shape index (κ1) is 22.5. The number of aliphatic hydroxyl groups is 1. The highest BCUT2D eigenvalue weighted by Crippen LogP contribution is 2.47. The minimum atomic E-state index is -0.568. The molecule has 0 spiro atoms. The SMILES string of the molecule is CNc1cc2c(cc1CC(CO)NC(=O)OC(C)(C)C)C(C)(C)CCC2(C)C. The van der Waals surface area contributed by atoms with Gasteiger partial charge < -0.3 is 20.5 Å². The Kier molecular flexibility index (Phi) is 6.39. The number of rotatable bonds is 5. The second-order valence-corrected chi connectivity index (χ2v) is 10.3. The van der Waals surface area contributed by atoms with E-state index < -0.39 is 17.7 Å². The molecule has 0 heterocycles. The van der Waals surface area contributed by atoms with Crippen molar-refractivity contribution in [3.8, 4) is 0 Å². The Balaban J connectivity index is 2.33. The number of ether oxygens (including phenoxy) is 1. The summed E-state index contributed by atoms with van der Waals surface area (Å²) < 4.78 is 5.34. The number of carbonyl (C=O) groups is 1. The van der Waals surface area contributed by atoms with Gasteiger partial charge in [0.2, 0.25) is 0 Å². The molecule has 1 atom stereocenters. The smallest absolute Gasteiger partial charge is 0.407 e. The molecule has 1 aromatic rings. The molecule has 0 aromatic heterocycles. The molecule has 1 amide bonds. The number of aliphatic hydroxyl groups excluding tert-OH is 1. The van der Waals surface area contributed by atoms with E-state index in [2.05, 4.69) is 50.5 Å². The number of alkyl carbamates (subject to hydrolysis) is 1. The molecule has 5 nitrogen and oxygen atoms in total. The van der Waals surface area contributed by atoms with Crippen LogP contribution in [0, 0.1) is 0 Å². The summed E-state index contributed by atoms with van der Waals surface area (Å²) in [5.41, 5.74) is 4.58. The summed E-state index contributed by atoms with van der Waals surface area (Å²) in [7, 11) is 1.92. The van der Waals surface area contributed by atoms with Crippen molar-refractivity contribution >= 4 is 11.8 Å². The lowest BCUT2D eigenvalue weighted by Gasteiger charge is -2.42. The number of fused-ring (bicyclic) bond motifs is 1. The Bertz CT molecular complexity index is 717. The van der Waals surface area contributed by atoms with Crippen LogP contribution in [0.15, 0.2) is 12.1 Å². The van der Waals surface area contributed by atoms with Gasteiger partial charge in [-0.2, -0.15) is 0 Å². The molecule has 0 aliphatic heterocycles. The molecule has 0 bridgehead atoms. The number of anilines is 1. The second kappa shape index (κ2) is 7.94. The van der Waals surface area contributed by atoms with E-state index in [4.69, 9.17) is 4.74 Å². The Hall–Kier alpha value is -1.75. The van der Waals surface area contributed by atoms with Crippen molar-refractivity contribution in [1.29, 1.82) is 0 Å². The third kappa shape index (κ3) is 5.19. The summed E-state index contributed by atoms with van der Waals surface area (Å²) in [4.78, 5) is 12.1. The maximum absolute atomic E-state index is 12.1. The lowest BCUT2D eigenvalue weighted by atomic mass is 9.62. The van der Waals surface area contributed by atoms with Gasteiger partial charge in [-0.05, 0) is 73.6 Å². The maximum Gasteiger partial charge on any atom is 0.407 e. The van der Waals surface area contributed by atoms with E-state index in [0.717, 1.165) is 24.1 Å². The maximum atomic E-state index is 12.1. The minimum absolute atomic E-state index is 0.110. The zero-order valence-corrected chi connectivity index (χ0v) is 18.8. The van der Waals surface area contributed by atoms with Gasteiger partial charge in [-0.1, -0.05) is 33.8 Å². The number of amides is 1. The average molecular weight is 391 g/mol. The zero-order chi connectivity index (χ0) is 21.3. The van der Waals surface area contributed by atoms with Crippen molar-refractivity contribution in [2.45, 2.75) is 90.2 Å². The largest absolute Gasteiger partial charge is 0.444 e. The van der Waals surface area contributed by atoms with Gasteiger partial charge in [0.1, 0.15) is 5.60 Å². The lowest BCUT2D eigenvalue weighted by molar-refractivity contribution is 0.0483. The molecule has 1 unspecified atom stereocenters. The number of benzene rings is 1. The van der Waals surface area contributed by atoms with Gasteiger partial charge in [-0.3, -0.25) is 0 Å². The lowest BCUT2D eigenvalue weighted by Crippen LogP contribution is -2.42. The molecule has 0 radical (unpaired) electrons. The third-order valence-corrected chi connectivity index (χ3v) is 5.75. The fraction of sp³-hybridized carbons (Fsp3) is 0.696. The van der Waals surface area contributed by atoms with Crippen molar-refractivity contribution in [2.24, 2.45) is 0 Å². The van der Waals surface area contributed by atoms with E-state index in [1.165, 1.54) is 11.1 Å². The highest BCUT2D eigenvalue weighted by atomic mass is 16.6. The monoisotopic (exact) mass is 390 g/mol. The summed E-state index contributed by atoms with van der Waals surface area (Å²) in [5.74, 6) is 0. The van der Waals surface area contributed by atoms with Crippen molar-refractivity contribution in [1.82, 2.24) is 5.32 Å².